The zero-order valence-corrected chi connectivity index (χ0v) is 14.7. The topological polar surface area (TPSA) is 66.5 Å². The van der Waals surface area contributed by atoms with E-state index in [0.717, 1.165) is 0 Å². The number of rotatable bonds is 8. The molecule has 0 aliphatic heterocycles. The van der Waals surface area contributed by atoms with Crippen LogP contribution in [0.4, 0.5) is 0 Å². The normalized spacial score (nSPS) is 11.4. The average molecular weight is 377 g/mol. The van der Waals surface area contributed by atoms with Crippen LogP contribution in [0.15, 0.2) is 33.6 Å². The molecule has 0 atom stereocenters. The summed E-state index contributed by atoms with van der Waals surface area (Å²) >= 11 is 3.24. The third kappa shape index (κ3) is 5.76. The summed E-state index contributed by atoms with van der Waals surface area (Å²) < 4.78 is 27.3. The lowest BCUT2D eigenvalue weighted by Crippen LogP contribution is -2.31. The first-order valence-electron chi connectivity index (χ1n) is 6.93. The highest BCUT2D eigenvalue weighted by atomic mass is 79.9. The third-order valence-electron chi connectivity index (χ3n) is 3.08. The zero-order valence-electron chi connectivity index (χ0n) is 12.3. The summed E-state index contributed by atoms with van der Waals surface area (Å²) in [6.07, 6.45) is 0.839. The van der Waals surface area contributed by atoms with Gasteiger partial charge in [-0.1, -0.05) is 22.0 Å². The predicted octanol–water partition coefficient (Wildman–Crippen LogP) is 2.38. The van der Waals surface area contributed by atoms with Crippen molar-refractivity contribution in [2.45, 2.75) is 31.6 Å². The summed E-state index contributed by atoms with van der Waals surface area (Å²) in [4.78, 5) is 13.7. The minimum atomic E-state index is -3.52. The second-order valence-electron chi connectivity index (χ2n) is 4.52. The molecule has 0 bridgehead atoms. The molecule has 5 nitrogen and oxygen atoms in total. The Balaban J connectivity index is 2.47. The quantitative estimate of drug-likeness (QED) is 0.708. The Kier molecular flexibility index (Phi) is 7.34. The molecular formula is C14H21BrN2O3S. The van der Waals surface area contributed by atoms with Gasteiger partial charge in [-0.3, -0.25) is 4.79 Å². The Morgan fingerprint density at radius 1 is 1.29 bits per heavy atom. The Bertz CT molecular complexity index is 571. The Labute approximate surface area is 134 Å². The van der Waals surface area contributed by atoms with Crippen LogP contribution in [0.3, 0.4) is 0 Å². The SMILES string of the molecule is CCN(CC)C(=O)CCCNS(=O)(=O)c1cccc(Br)c1. The van der Waals surface area contributed by atoms with E-state index < -0.39 is 10.0 Å². The lowest BCUT2D eigenvalue weighted by Gasteiger charge is -2.18. The lowest BCUT2D eigenvalue weighted by atomic mass is 10.3. The number of nitrogens with zero attached hydrogens (tertiary/aromatic N) is 1. The van der Waals surface area contributed by atoms with Crippen LogP contribution in [0.2, 0.25) is 0 Å². The van der Waals surface area contributed by atoms with Crippen LogP contribution in [0.25, 0.3) is 0 Å². The van der Waals surface area contributed by atoms with Gasteiger partial charge in [0.25, 0.3) is 0 Å². The van der Waals surface area contributed by atoms with Crippen molar-refractivity contribution in [1.82, 2.24) is 9.62 Å². The van der Waals surface area contributed by atoms with E-state index in [2.05, 4.69) is 20.7 Å². The molecule has 1 rings (SSSR count). The van der Waals surface area contributed by atoms with Crippen LogP contribution < -0.4 is 4.72 Å². The molecule has 1 N–H and O–H groups in total. The van der Waals surface area contributed by atoms with Gasteiger partial charge in [-0.2, -0.15) is 0 Å². The van der Waals surface area contributed by atoms with Crippen LogP contribution in [-0.4, -0.2) is 38.9 Å². The fourth-order valence-electron chi connectivity index (χ4n) is 1.90. The average Bonchev–Trinajstić information content (AvgIpc) is 2.45. The van der Waals surface area contributed by atoms with E-state index in [0.29, 0.717) is 30.4 Å². The Hall–Kier alpha value is -0.920. The highest BCUT2D eigenvalue weighted by Gasteiger charge is 2.14. The van der Waals surface area contributed by atoms with Gasteiger partial charge in [-0.25, -0.2) is 13.1 Å². The van der Waals surface area contributed by atoms with Crippen molar-refractivity contribution in [1.29, 1.82) is 0 Å². The monoisotopic (exact) mass is 376 g/mol. The van der Waals surface area contributed by atoms with E-state index in [1.165, 1.54) is 6.07 Å². The number of amides is 1. The minimum Gasteiger partial charge on any atom is -0.343 e. The van der Waals surface area contributed by atoms with Crippen molar-refractivity contribution in [3.63, 3.8) is 0 Å². The van der Waals surface area contributed by atoms with Crippen LogP contribution in [0.5, 0.6) is 0 Å². The van der Waals surface area contributed by atoms with Gasteiger partial charge < -0.3 is 4.90 Å². The molecule has 0 saturated carbocycles. The number of carbonyl (C=O) groups is 1. The van der Waals surface area contributed by atoms with Crippen LogP contribution in [0.1, 0.15) is 26.7 Å². The first kappa shape index (κ1) is 18.1. The molecule has 21 heavy (non-hydrogen) atoms. The van der Waals surface area contributed by atoms with Gasteiger partial charge in [0.1, 0.15) is 0 Å². The van der Waals surface area contributed by atoms with Crippen molar-refractivity contribution in [2.24, 2.45) is 0 Å². The molecule has 1 amide bonds. The molecule has 0 radical (unpaired) electrons. The van der Waals surface area contributed by atoms with E-state index in [1.54, 1.807) is 23.1 Å². The number of carbonyl (C=O) groups excluding carboxylic acids is 1. The number of sulfonamides is 1. The number of hydrogen-bond donors (Lipinski definition) is 1. The summed E-state index contributed by atoms with van der Waals surface area (Å²) in [6.45, 7) is 5.47. The van der Waals surface area contributed by atoms with Gasteiger partial charge in [0, 0.05) is 30.5 Å². The van der Waals surface area contributed by atoms with Crippen molar-refractivity contribution >= 4 is 31.9 Å². The minimum absolute atomic E-state index is 0.0571. The van der Waals surface area contributed by atoms with E-state index in [9.17, 15) is 13.2 Å². The van der Waals surface area contributed by atoms with E-state index in [4.69, 9.17) is 0 Å². The second-order valence-corrected chi connectivity index (χ2v) is 7.21. The fourth-order valence-corrected chi connectivity index (χ4v) is 3.57. The van der Waals surface area contributed by atoms with Gasteiger partial charge in [0.15, 0.2) is 0 Å². The fraction of sp³-hybridized carbons (Fsp3) is 0.500. The molecule has 118 valence electrons. The van der Waals surface area contributed by atoms with Gasteiger partial charge in [0.05, 0.1) is 4.90 Å². The van der Waals surface area contributed by atoms with Gasteiger partial charge in [0.2, 0.25) is 15.9 Å². The first-order valence-corrected chi connectivity index (χ1v) is 9.21. The molecule has 0 aliphatic carbocycles. The molecule has 0 aromatic heterocycles. The highest BCUT2D eigenvalue weighted by Crippen LogP contribution is 2.15. The van der Waals surface area contributed by atoms with E-state index in [1.807, 2.05) is 13.8 Å². The Morgan fingerprint density at radius 2 is 1.95 bits per heavy atom. The smallest absolute Gasteiger partial charge is 0.240 e. The van der Waals surface area contributed by atoms with Gasteiger partial charge >= 0.3 is 0 Å². The van der Waals surface area contributed by atoms with Crippen molar-refractivity contribution in [3.8, 4) is 0 Å². The molecule has 7 heteroatoms. The number of halogens is 1. The molecule has 0 fully saturated rings. The predicted molar refractivity (Wildman–Crippen MR) is 86.5 cm³/mol. The molecule has 0 unspecified atom stereocenters. The van der Waals surface area contributed by atoms with Crippen molar-refractivity contribution in [2.75, 3.05) is 19.6 Å². The van der Waals surface area contributed by atoms with E-state index >= 15 is 0 Å². The summed E-state index contributed by atoms with van der Waals surface area (Å²) in [5, 5.41) is 0. The second kappa shape index (κ2) is 8.51. The summed E-state index contributed by atoms with van der Waals surface area (Å²) in [5.74, 6) is 0.0571. The standard InChI is InChI=1S/C14H21BrN2O3S/c1-3-17(4-2)14(18)9-6-10-16-21(19,20)13-8-5-7-12(15)11-13/h5,7-8,11,16H,3-4,6,9-10H2,1-2H3. The van der Waals surface area contributed by atoms with Crippen LogP contribution in [0, 0.1) is 0 Å². The maximum Gasteiger partial charge on any atom is 0.240 e. The molecule has 0 spiro atoms. The lowest BCUT2D eigenvalue weighted by molar-refractivity contribution is -0.130. The van der Waals surface area contributed by atoms with Gasteiger partial charge in [-0.15, -0.1) is 0 Å². The third-order valence-corrected chi connectivity index (χ3v) is 5.03. The summed E-state index contributed by atoms with van der Waals surface area (Å²) in [6, 6.07) is 6.52. The molecular weight excluding hydrogens is 356 g/mol. The van der Waals surface area contributed by atoms with Gasteiger partial charge in [-0.05, 0) is 38.5 Å². The van der Waals surface area contributed by atoms with Crippen molar-refractivity contribution in [3.05, 3.63) is 28.7 Å². The number of nitrogens with one attached hydrogen (secondary N) is 1. The maximum absolute atomic E-state index is 12.0. The largest absolute Gasteiger partial charge is 0.343 e. The summed E-state index contributed by atoms with van der Waals surface area (Å²) in [7, 11) is -3.52. The Morgan fingerprint density at radius 3 is 2.52 bits per heavy atom. The number of hydrogen-bond acceptors (Lipinski definition) is 3. The molecule has 1 aromatic rings. The molecule has 0 aliphatic rings. The van der Waals surface area contributed by atoms with Crippen LogP contribution >= 0.6 is 15.9 Å². The molecule has 0 heterocycles. The van der Waals surface area contributed by atoms with E-state index in [-0.39, 0.29) is 17.3 Å². The van der Waals surface area contributed by atoms with Crippen molar-refractivity contribution < 1.29 is 13.2 Å². The maximum atomic E-state index is 12.0. The highest BCUT2D eigenvalue weighted by molar-refractivity contribution is 9.10. The zero-order chi connectivity index (χ0) is 15.9. The first-order chi connectivity index (χ1) is 9.90. The molecule has 0 saturated heterocycles. The summed E-state index contributed by atoms with van der Waals surface area (Å²) in [5.41, 5.74) is 0. The van der Waals surface area contributed by atoms with Crippen LogP contribution in [-0.2, 0) is 14.8 Å². The number of benzene rings is 1. The molecule has 1 aromatic carbocycles.